The van der Waals surface area contributed by atoms with Crippen molar-refractivity contribution in [3.63, 3.8) is 0 Å². The number of thioether (sulfide) groups is 1. The lowest BCUT2D eigenvalue weighted by atomic mass is 10.2. The van der Waals surface area contributed by atoms with Crippen molar-refractivity contribution in [2.24, 2.45) is 0 Å². The summed E-state index contributed by atoms with van der Waals surface area (Å²) in [4.78, 5) is 0. The summed E-state index contributed by atoms with van der Waals surface area (Å²) in [5.74, 6) is -2.71. The van der Waals surface area contributed by atoms with Crippen molar-refractivity contribution in [2.45, 2.75) is 30.4 Å². The Bertz CT molecular complexity index is 171. The first-order valence-corrected chi connectivity index (χ1v) is 4.66. The number of hydrogen-bond acceptors (Lipinski definition) is 5. The Morgan fingerprint density at radius 2 is 1.85 bits per heavy atom. The summed E-state index contributed by atoms with van der Waals surface area (Å²) in [6.45, 7) is 0. The first-order valence-electron chi connectivity index (χ1n) is 3.62. The fraction of sp³-hybridized carbons (Fsp3) is 1.00. The third-order valence-corrected chi connectivity index (χ3v) is 2.50. The molecule has 1 aliphatic heterocycles. The van der Waals surface area contributed by atoms with Crippen LogP contribution < -0.4 is 0 Å². The summed E-state index contributed by atoms with van der Waals surface area (Å²) < 4.78 is 28.1. The third-order valence-electron chi connectivity index (χ3n) is 1.72. The second-order valence-electron chi connectivity index (χ2n) is 2.64. The average molecular weight is 216 g/mol. The van der Waals surface area contributed by atoms with E-state index in [0.29, 0.717) is 11.8 Å². The van der Waals surface area contributed by atoms with Gasteiger partial charge in [-0.3, -0.25) is 0 Å². The molecule has 4 nitrogen and oxygen atoms in total. The van der Waals surface area contributed by atoms with E-state index < -0.39 is 30.4 Å². The Morgan fingerprint density at radius 3 is 2.23 bits per heavy atom. The van der Waals surface area contributed by atoms with Crippen LogP contribution in [0, 0.1) is 0 Å². The zero-order valence-electron chi connectivity index (χ0n) is 6.51. The molecule has 78 valence electrons. The van der Waals surface area contributed by atoms with E-state index in [0.717, 1.165) is 0 Å². The average Bonchev–Trinajstić information content (AvgIpc) is 2.29. The van der Waals surface area contributed by atoms with Crippen molar-refractivity contribution >= 4 is 11.8 Å². The molecule has 0 aliphatic carbocycles. The maximum absolute atomic E-state index is 11.7. The lowest BCUT2D eigenvalue weighted by Gasteiger charge is -2.12. The standard InChI is InChI=1S/C6H10F2O4S/c7-6(8)13-1-2-3(9)4(10)5(11)12-2/h2-6,9-11H,1H2/t2-,3-,4-,5?/m1/s1. The monoisotopic (exact) mass is 216 g/mol. The van der Waals surface area contributed by atoms with E-state index in [1.165, 1.54) is 0 Å². The Balaban J connectivity index is 2.35. The van der Waals surface area contributed by atoms with Crippen molar-refractivity contribution in [3.8, 4) is 0 Å². The van der Waals surface area contributed by atoms with Gasteiger partial charge < -0.3 is 20.1 Å². The molecule has 0 aromatic heterocycles. The van der Waals surface area contributed by atoms with Crippen LogP contribution in [0.4, 0.5) is 8.78 Å². The minimum absolute atomic E-state index is 0.160. The first-order chi connectivity index (χ1) is 6.02. The zero-order valence-corrected chi connectivity index (χ0v) is 7.32. The second kappa shape index (κ2) is 4.52. The minimum atomic E-state index is -2.55. The normalized spacial score (nSPS) is 40.2. The van der Waals surface area contributed by atoms with Crippen LogP contribution >= 0.6 is 11.8 Å². The van der Waals surface area contributed by atoms with Gasteiger partial charge in [0.2, 0.25) is 0 Å². The number of halogens is 2. The molecule has 1 unspecified atom stereocenters. The van der Waals surface area contributed by atoms with Gasteiger partial charge in [-0.25, -0.2) is 0 Å². The van der Waals surface area contributed by atoms with Crippen molar-refractivity contribution in [2.75, 3.05) is 5.75 Å². The second-order valence-corrected chi connectivity index (χ2v) is 3.66. The largest absolute Gasteiger partial charge is 0.387 e. The molecule has 1 fully saturated rings. The van der Waals surface area contributed by atoms with Gasteiger partial charge in [-0.1, -0.05) is 11.8 Å². The van der Waals surface area contributed by atoms with Gasteiger partial charge in [0, 0.05) is 5.75 Å². The molecular formula is C6H10F2O4S. The molecule has 13 heavy (non-hydrogen) atoms. The van der Waals surface area contributed by atoms with E-state index in [2.05, 4.69) is 4.74 Å². The lowest BCUT2D eigenvalue weighted by Crippen LogP contribution is -2.33. The van der Waals surface area contributed by atoms with Gasteiger partial charge in [0.15, 0.2) is 6.29 Å². The number of hydrogen-bond donors (Lipinski definition) is 3. The molecular weight excluding hydrogens is 206 g/mol. The molecule has 3 N–H and O–H groups in total. The van der Waals surface area contributed by atoms with E-state index in [9.17, 15) is 8.78 Å². The van der Waals surface area contributed by atoms with Crippen LogP contribution in [0.5, 0.6) is 0 Å². The van der Waals surface area contributed by atoms with Gasteiger partial charge in [-0.2, -0.15) is 8.78 Å². The van der Waals surface area contributed by atoms with Crippen molar-refractivity contribution < 1.29 is 28.8 Å². The van der Waals surface area contributed by atoms with Crippen molar-refractivity contribution in [3.05, 3.63) is 0 Å². The predicted molar refractivity (Wildman–Crippen MR) is 41.4 cm³/mol. The van der Waals surface area contributed by atoms with E-state index in [1.54, 1.807) is 0 Å². The molecule has 1 aliphatic rings. The Hall–Kier alpha value is 0.0500. The maximum Gasteiger partial charge on any atom is 0.284 e. The van der Waals surface area contributed by atoms with Crippen LogP contribution in [0.2, 0.25) is 0 Å². The van der Waals surface area contributed by atoms with E-state index in [4.69, 9.17) is 15.3 Å². The summed E-state index contributed by atoms with van der Waals surface area (Å²) in [5.41, 5.74) is 0. The molecule has 0 saturated carbocycles. The molecule has 4 atom stereocenters. The molecule has 7 heteroatoms. The number of alkyl halides is 2. The van der Waals surface area contributed by atoms with Gasteiger partial charge in [0.05, 0.1) is 6.10 Å². The number of aliphatic hydroxyl groups is 3. The lowest BCUT2D eigenvalue weighted by molar-refractivity contribution is -0.123. The highest BCUT2D eigenvalue weighted by Crippen LogP contribution is 2.25. The van der Waals surface area contributed by atoms with Gasteiger partial charge >= 0.3 is 0 Å². The first kappa shape index (κ1) is 11.1. The maximum atomic E-state index is 11.7. The quantitative estimate of drug-likeness (QED) is 0.586. The Kier molecular flexibility index (Phi) is 3.87. The minimum Gasteiger partial charge on any atom is -0.387 e. The van der Waals surface area contributed by atoms with Crippen LogP contribution in [0.15, 0.2) is 0 Å². The summed E-state index contributed by atoms with van der Waals surface area (Å²) >= 11 is 0.296. The fourth-order valence-electron chi connectivity index (χ4n) is 1.03. The van der Waals surface area contributed by atoms with Crippen molar-refractivity contribution in [1.82, 2.24) is 0 Å². The number of aliphatic hydroxyl groups excluding tert-OH is 3. The SMILES string of the molecule is OC1O[C@H](CSC(F)F)[C@@H](O)[C@H]1O. The van der Waals surface area contributed by atoms with Crippen LogP contribution in [0.3, 0.4) is 0 Å². The van der Waals surface area contributed by atoms with E-state index >= 15 is 0 Å². The number of ether oxygens (including phenoxy) is 1. The molecule has 0 aromatic rings. The molecule has 0 aromatic carbocycles. The van der Waals surface area contributed by atoms with Crippen LogP contribution in [0.1, 0.15) is 0 Å². The van der Waals surface area contributed by atoms with E-state index in [-0.39, 0.29) is 5.75 Å². The Labute approximate surface area is 77.5 Å². The van der Waals surface area contributed by atoms with Crippen LogP contribution in [-0.2, 0) is 4.74 Å². The topological polar surface area (TPSA) is 69.9 Å². The van der Waals surface area contributed by atoms with Gasteiger partial charge in [0.1, 0.15) is 12.2 Å². The molecule has 0 radical (unpaired) electrons. The van der Waals surface area contributed by atoms with E-state index in [1.807, 2.05) is 0 Å². The van der Waals surface area contributed by atoms with Gasteiger partial charge in [-0.15, -0.1) is 0 Å². The van der Waals surface area contributed by atoms with Gasteiger partial charge in [0.25, 0.3) is 5.76 Å². The Morgan fingerprint density at radius 1 is 1.23 bits per heavy atom. The van der Waals surface area contributed by atoms with Crippen molar-refractivity contribution in [1.29, 1.82) is 0 Å². The molecule has 0 bridgehead atoms. The highest BCUT2D eigenvalue weighted by Gasteiger charge is 2.41. The van der Waals surface area contributed by atoms with Gasteiger partial charge in [-0.05, 0) is 0 Å². The molecule has 1 saturated heterocycles. The third kappa shape index (κ3) is 2.75. The van der Waals surface area contributed by atoms with Crippen LogP contribution in [0.25, 0.3) is 0 Å². The molecule has 1 rings (SSSR count). The summed E-state index contributed by atoms with van der Waals surface area (Å²) in [6, 6.07) is 0. The highest BCUT2D eigenvalue weighted by molar-refractivity contribution is 7.99. The smallest absolute Gasteiger partial charge is 0.284 e. The summed E-state index contributed by atoms with van der Waals surface area (Å²) in [7, 11) is 0. The zero-order chi connectivity index (χ0) is 10.0. The molecule has 0 spiro atoms. The summed E-state index contributed by atoms with van der Waals surface area (Å²) in [6.07, 6.45) is -5.15. The molecule has 1 heterocycles. The number of rotatable bonds is 3. The predicted octanol–water partition coefficient (Wildman–Crippen LogP) is -0.619. The molecule has 0 amide bonds. The highest BCUT2D eigenvalue weighted by atomic mass is 32.2. The summed E-state index contributed by atoms with van der Waals surface area (Å²) in [5, 5.41) is 27.0. The van der Waals surface area contributed by atoms with Crippen LogP contribution in [-0.4, -0.2) is 51.4 Å². The fourth-order valence-corrected chi connectivity index (χ4v) is 1.65.